The van der Waals surface area contributed by atoms with Gasteiger partial charge in [0.15, 0.2) is 5.96 Å². The summed E-state index contributed by atoms with van der Waals surface area (Å²) in [5.74, 6) is 1.62. The molecule has 2 N–H and O–H groups in total. The molecule has 1 atom stereocenters. The fourth-order valence-corrected chi connectivity index (χ4v) is 2.64. The minimum absolute atomic E-state index is 0.644. The van der Waals surface area contributed by atoms with Crippen LogP contribution in [0.4, 0.5) is 0 Å². The highest BCUT2D eigenvalue weighted by Gasteiger charge is 2.07. The Morgan fingerprint density at radius 3 is 3.25 bits per heavy atom. The Morgan fingerprint density at radius 1 is 1.62 bits per heavy atom. The van der Waals surface area contributed by atoms with Crippen LogP contribution in [0.1, 0.15) is 18.2 Å². The van der Waals surface area contributed by atoms with Gasteiger partial charge in [-0.05, 0) is 30.2 Å². The molecule has 1 aliphatic rings. The summed E-state index contributed by atoms with van der Waals surface area (Å²) in [6.45, 7) is 5.26. The molecule has 1 unspecified atom stereocenters. The highest BCUT2D eigenvalue weighted by atomic mass is 32.1. The number of thiophene rings is 1. The molecule has 4 heteroatoms. The van der Waals surface area contributed by atoms with Crippen LogP contribution in [0.3, 0.4) is 0 Å². The van der Waals surface area contributed by atoms with Gasteiger partial charge in [-0.3, -0.25) is 4.99 Å². The third-order valence-electron chi connectivity index (χ3n) is 2.64. The zero-order valence-electron chi connectivity index (χ0n) is 9.70. The van der Waals surface area contributed by atoms with Crippen molar-refractivity contribution in [2.45, 2.75) is 19.8 Å². The maximum absolute atomic E-state index is 4.40. The van der Waals surface area contributed by atoms with Gasteiger partial charge < -0.3 is 10.6 Å². The largest absolute Gasteiger partial charge is 0.356 e. The molecule has 0 bridgehead atoms. The van der Waals surface area contributed by atoms with Gasteiger partial charge in [-0.1, -0.05) is 13.0 Å². The van der Waals surface area contributed by atoms with Crippen molar-refractivity contribution in [1.82, 2.24) is 10.6 Å². The Balaban J connectivity index is 1.71. The van der Waals surface area contributed by atoms with E-state index in [-0.39, 0.29) is 0 Å². The second-order valence-electron chi connectivity index (χ2n) is 4.28. The summed E-state index contributed by atoms with van der Waals surface area (Å²) >= 11 is 1.84. The van der Waals surface area contributed by atoms with Gasteiger partial charge in [0.1, 0.15) is 0 Å². The van der Waals surface area contributed by atoms with E-state index in [9.17, 15) is 0 Å². The highest BCUT2D eigenvalue weighted by Crippen LogP contribution is 2.13. The lowest BCUT2D eigenvalue weighted by Crippen LogP contribution is -2.42. The molecule has 88 valence electrons. The standard InChI is InChI=1S/C12H19N3S/c1-10(8-11-4-2-7-16-11)9-15-12-13-5-3-6-14-12/h2,4,7,10H,3,5-6,8-9H2,1H3,(H2,13,14,15). The first-order valence-electron chi connectivity index (χ1n) is 5.89. The van der Waals surface area contributed by atoms with Gasteiger partial charge >= 0.3 is 0 Å². The molecule has 0 saturated heterocycles. The third kappa shape index (κ3) is 3.52. The molecule has 0 fully saturated rings. The number of hydrogen-bond acceptors (Lipinski definition) is 4. The lowest BCUT2D eigenvalue weighted by molar-refractivity contribution is 0.557. The van der Waals surface area contributed by atoms with Crippen molar-refractivity contribution in [3.05, 3.63) is 22.4 Å². The first kappa shape index (κ1) is 11.5. The fourth-order valence-electron chi connectivity index (χ4n) is 1.77. The van der Waals surface area contributed by atoms with Crippen LogP contribution in [0.25, 0.3) is 0 Å². The Hall–Kier alpha value is -1.03. The van der Waals surface area contributed by atoms with Gasteiger partial charge in [0.25, 0.3) is 0 Å². The van der Waals surface area contributed by atoms with E-state index in [1.165, 1.54) is 4.88 Å². The molecule has 0 aliphatic carbocycles. The summed E-state index contributed by atoms with van der Waals surface area (Å²) in [5, 5.41) is 8.79. The molecule has 1 aromatic heterocycles. The lowest BCUT2D eigenvalue weighted by atomic mass is 10.1. The number of rotatable bonds is 4. The van der Waals surface area contributed by atoms with Crippen molar-refractivity contribution in [1.29, 1.82) is 0 Å². The average molecular weight is 237 g/mol. The molecule has 16 heavy (non-hydrogen) atoms. The zero-order chi connectivity index (χ0) is 11.2. The third-order valence-corrected chi connectivity index (χ3v) is 3.54. The van der Waals surface area contributed by atoms with Crippen LogP contribution < -0.4 is 10.6 Å². The molecule has 0 saturated carbocycles. The summed E-state index contributed by atoms with van der Waals surface area (Å²) in [5.41, 5.74) is 0. The summed E-state index contributed by atoms with van der Waals surface area (Å²) in [6.07, 6.45) is 2.30. The SMILES string of the molecule is CC(CNC1=NCCCN1)Cc1cccs1. The maximum Gasteiger partial charge on any atom is 0.191 e. The lowest BCUT2D eigenvalue weighted by Gasteiger charge is -2.18. The monoisotopic (exact) mass is 237 g/mol. The smallest absolute Gasteiger partial charge is 0.191 e. The van der Waals surface area contributed by atoms with Gasteiger partial charge in [-0.25, -0.2) is 0 Å². The van der Waals surface area contributed by atoms with Gasteiger partial charge in [-0.15, -0.1) is 11.3 Å². The van der Waals surface area contributed by atoms with Gasteiger partial charge in [0, 0.05) is 24.5 Å². The number of aliphatic imine (C=N–C) groups is 1. The number of guanidine groups is 1. The first-order chi connectivity index (χ1) is 7.84. The van der Waals surface area contributed by atoms with Crippen LogP contribution in [0.2, 0.25) is 0 Å². The molecule has 0 amide bonds. The number of hydrogen-bond donors (Lipinski definition) is 2. The van der Waals surface area contributed by atoms with E-state index in [1.54, 1.807) is 0 Å². The minimum Gasteiger partial charge on any atom is -0.356 e. The molecule has 0 radical (unpaired) electrons. The number of nitrogens with one attached hydrogen (secondary N) is 2. The first-order valence-corrected chi connectivity index (χ1v) is 6.77. The van der Waals surface area contributed by atoms with Crippen molar-refractivity contribution >= 4 is 17.3 Å². The van der Waals surface area contributed by atoms with E-state index in [0.29, 0.717) is 5.92 Å². The molecule has 0 aromatic carbocycles. The van der Waals surface area contributed by atoms with E-state index in [4.69, 9.17) is 0 Å². The normalized spacial score (nSPS) is 17.4. The van der Waals surface area contributed by atoms with E-state index in [2.05, 4.69) is 40.1 Å². The Kier molecular flexibility index (Phi) is 4.22. The van der Waals surface area contributed by atoms with Gasteiger partial charge in [-0.2, -0.15) is 0 Å². The van der Waals surface area contributed by atoms with Crippen LogP contribution in [0.5, 0.6) is 0 Å². The van der Waals surface area contributed by atoms with Crippen LogP contribution >= 0.6 is 11.3 Å². The van der Waals surface area contributed by atoms with Crippen molar-refractivity contribution < 1.29 is 0 Å². The summed E-state index contributed by atoms with van der Waals surface area (Å²) < 4.78 is 0. The zero-order valence-corrected chi connectivity index (χ0v) is 10.5. The molecule has 1 aliphatic heterocycles. The summed E-state index contributed by atoms with van der Waals surface area (Å²) in [6, 6.07) is 4.32. The molecular weight excluding hydrogens is 218 g/mol. The molecule has 2 heterocycles. The van der Waals surface area contributed by atoms with Crippen LogP contribution in [0.15, 0.2) is 22.5 Å². The Labute approximate surface area is 101 Å². The average Bonchev–Trinajstić information content (AvgIpc) is 2.81. The molecule has 1 aromatic rings. The summed E-state index contributed by atoms with van der Waals surface area (Å²) in [4.78, 5) is 5.86. The van der Waals surface area contributed by atoms with E-state index < -0.39 is 0 Å². The van der Waals surface area contributed by atoms with E-state index >= 15 is 0 Å². The van der Waals surface area contributed by atoms with Crippen molar-refractivity contribution in [2.24, 2.45) is 10.9 Å². The van der Waals surface area contributed by atoms with Crippen molar-refractivity contribution in [2.75, 3.05) is 19.6 Å². The quantitative estimate of drug-likeness (QED) is 0.838. The topological polar surface area (TPSA) is 36.4 Å². The second kappa shape index (κ2) is 5.89. The fraction of sp³-hybridized carbons (Fsp3) is 0.583. The van der Waals surface area contributed by atoms with Gasteiger partial charge in [0.2, 0.25) is 0 Å². The summed E-state index contributed by atoms with van der Waals surface area (Å²) in [7, 11) is 0. The molecule has 3 nitrogen and oxygen atoms in total. The predicted octanol–water partition coefficient (Wildman–Crippen LogP) is 1.87. The molecular formula is C12H19N3S. The van der Waals surface area contributed by atoms with Crippen LogP contribution in [-0.2, 0) is 6.42 Å². The van der Waals surface area contributed by atoms with Crippen molar-refractivity contribution in [3.63, 3.8) is 0 Å². The number of nitrogens with zero attached hydrogens (tertiary/aromatic N) is 1. The van der Waals surface area contributed by atoms with E-state index in [1.807, 2.05) is 11.3 Å². The molecule has 2 rings (SSSR count). The van der Waals surface area contributed by atoms with Crippen LogP contribution in [-0.4, -0.2) is 25.6 Å². The van der Waals surface area contributed by atoms with Gasteiger partial charge in [0.05, 0.1) is 0 Å². The van der Waals surface area contributed by atoms with Crippen LogP contribution in [0, 0.1) is 5.92 Å². The maximum atomic E-state index is 4.40. The molecule has 0 spiro atoms. The predicted molar refractivity (Wildman–Crippen MR) is 70.1 cm³/mol. The minimum atomic E-state index is 0.644. The van der Waals surface area contributed by atoms with Crippen molar-refractivity contribution in [3.8, 4) is 0 Å². The Morgan fingerprint density at radius 2 is 2.56 bits per heavy atom. The Bertz CT molecular complexity index is 332. The second-order valence-corrected chi connectivity index (χ2v) is 5.31. The van der Waals surface area contributed by atoms with E-state index in [0.717, 1.165) is 38.4 Å². The highest BCUT2D eigenvalue weighted by molar-refractivity contribution is 7.09.